The van der Waals surface area contributed by atoms with Gasteiger partial charge in [0.1, 0.15) is 6.10 Å². The molecule has 3 atom stereocenters. The fourth-order valence-corrected chi connectivity index (χ4v) is 2.02. The van der Waals surface area contributed by atoms with Gasteiger partial charge in [0.05, 0.1) is 18.3 Å². The van der Waals surface area contributed by atoms with Crippen LogP contribution in [0.3, 0.4) is 0 Å². The van der Waals surface area contributed by atoms with Gasteiger partial charge in [0.25, 0.3) is 0 Å². The van der Waals surface area contributed by atoms with Crippen molar-refractivity contribution in [2.45, 2.75) is 59.7 Å². The molecule has 4 nitrogen and oxygen atoms in total. The zero-order valence-electron chi connectivity index (χ0n) is 13.6. The van der Waals surface area contributed by atoms with E-state index in [4.69, 9.17) is 9.84 Å². The Bertz CT molecular complexity index is 377. The average molecular weight is 326 g/mol. The Morgan fingerprint density at radius 3 is 1.91 bits per heavy atom. The van der Waals surface area contributed by atoms with Crippen molar-refractivity contribution in [3.63, 3.8) is 0 Å². The zero-order chi connectivity index (χ0) is 17.7. The van der Waals surface area contributed by atoms with Crippen LogP contribution in [0, 0.1) is 23.7 Å². The van der Waals surface area contributed by atoms with E-state index in [0.717, 1.165) is 6.92 Å². The van der Waals surface area contributed by atoms with Crippen LogP contribution in [0.15, 0.2) is 0 Å². The molecule has 0 aromatic heterocycles. The summed E-state index contributed by atoms with van der Waals surface area (Å²) < 4.78 is 43.2. The second kappa shape index (κ2) is 8.39. The molecule has 7 heteroatoms. The van der Waals surface area contributed by atoms with Gasteiger partial charge in [-0.05, 0) is 18.3 Å². The molecule has 0 spiro atoms. The Balaban J connectivity index is 4.86. The number of hydrogen-bond acceptors (Lipinski definition) is 3. The molecule has 0 aliphatic carbocycles. The van der Waals surface area contributed by atoms with Crippen molar-refractivity contribution in [1.82, 2.24) is 0 Å². The van der Waals surface area contributed by atoms with Crippen molar-refractivity contribution in [2.75, 3.05) is 0 Å². The number of carbonyl (C=O) groups is 2. The Morgan fingerprint density at radius 1 is 1.09 bits per heavy atom. The van der Waals surface area contributed by atoms with Crippen LogP contribution in [0.2, 0.25) is 0 Å². The predicted molar refractivity (Wildman–Crippen MR) is 75.1 cm³/mol. The van der Waals surface area contributed by atoms with Crippen molar-refractivity contribution in [3.05, 3.63) is 0 Å². The molecule has 0 heterocycles. The van der Waals surface area contributed by atoms with Gasteiger partial charge in [-0.25, -0.2) is 0 Å². The molecule has 0 aliphatic rings. The third kappa shape index (κ3) is 7.13. The molecule has 22 heavy (non-hydrogen) atoms. The van der Waals surface area contributed by atoms with E-state index in [-0.39, 0.29) is 11.8 Å². The highest BCUT2D eigenvalue weighted by molar-refractivity contribution is 5.79. The fourth-order valence-electron chi connectivity index (χ4n) is 2.02. The Kier molecular flexibility index (Phi) is 7.90. The Morgan fingerprint density at radius 2 is 1.59 bits per heavy atom. The number of carboxylic acids is 1. The molecule has 0 bridgehead atoms. The summed E-state index contributed by atoms with van der Waals surface area (Å²) in [6.45, 7) is 8.32. The highest BCUT2D eigenvalue weighted by atomic mass is 19.4. The van der Waals surface area contributed by atoms with Crippen molar-refractivity contribution < 1.29 is 32.6 Å². The van der Waals surface area contributed by atoms with Crippen molar-refractivity contribution in [3.8, 4) is 0 Å². The van der Waals surface area contributed by atoms with Crippen LogP contribution >= 0.6 is 0 Å². The van der Waals surface area contributed by atoms with E-state index in [2.05, 4.69) is 0 Å². The van der Waals surface area contributed by atoms with Gasteiger partial charge >= 0.3 is 18.1 Å². The molecular formula is C15H25F3O4. The lowest BCUT2D eigenvalue weighted by Gasteiger charge is -2.26. The highest BCUT2D eigenvalue weighted by Crippen LogP contribution is 2.34. The first kappa shape index (κ1) is 20.7. The molecule has 0 saturated heterocycles. The Hall–Kier alpha value is -1.27. The maximum absolute atomic E-state index is 12.7. The van der Waals surface area contributed by atoms with Crippen LogP contribution in [0.4, 0.5) is 13.2 Å². The summed E-state index contributed by atoms with van der Waals surface area (Å²) >= 11 is 0. The molecule has 0 fully saturated rings. The van der Waals surface area contributed by atoms with Crippen LogP contribution < -0.4 is 0 Å². The number of alkyl halides is 3. The molecule has 0 rings (SSSR count). The quantitative estimate of drug-likeness (QED) is 0.687. The maximum Gasteiger partial charge on any atom is 0.392 e. The number of carboxylic acid groups (broad SMARTS) is 1. The first-order chi connectivity index (χ1) is 9.86. The zero-order valence-corrected chi connectivity index (χ0v) is 13.6. The van der Waals surface area contributed by atoms with E-state index in [0.29, 0.717) is 6.42 Å². The van der Waals surface area contributed by atoms with Crippen LogP contribution in [0.25, 0.3) is 0 Å². The highest BCUT2D eigenvalue weighted by Gasteiger charge is 2.45. The second-order valence-corrected chi connectivity index (χ2v) is 6.38. The van der Waals surface area contributed by atoms with Crippen LogP contribution in [-0.4, -0.2) is 29.3 Å². The minimum absolute atomic E-state index is 0.00895. The fraction of sp³-hybridized carbons (Fsp3) is 0.867. The van der Waals surface area contributed by atoms with Crippen LogP contribution in [0.1, 0.15) is 47.5 Å². The minimum Gasteiger partial charge on any atom is -0.481 e. The lowest BCUT2D eigenvalue weighted by molar-refractivity contribution is -0.195. The summed E-state index contributed by atoms with van der Waals surface area (Å²) in [5.41, 5.74) is 0. The average Bonchev–Trinajstić information content (AvgIpc) is 2.32. The summed E-state index contributed by atoms with van der Waals surface area (Å²) in [6, 6.07) is 0. The van der Waals surface area contributed by atoms with Gasteiger partial charge in [-0.1, -0.05) is 34.6 Å². The molecule has 0 radical (unpaired) electrons. The minimum atomic E-state index is -4.67. The van der Waals surface area contributed by atoms with E-state index < -0.39 is 42.5 Å². The normalized spacial score (nSPS) is 16.5. The molecule has 130 valence electrons. The summed E-state index contributed by atoms with van der Waals surface area (Å²) in [6.07, 6.45) is -5.30. The summed E-state index contributed by atoms with van der Waals surface area (Å²) in [7, 11) is 0. The van der Waals surface area contributed by atoms with E-state index in [9.17, 15) is 22.8 Å². The van der Waals surface area contributed by atoms with E-state index in [1.54, 1.807) is 0 Å². The number of esters is 1. The first-order valence-electron chi connectivity index (χ1n) is 7.35. The molecule has 3 unspecified atom stereocenters. The number of hydrogen-bond donors (Lipinski definition) is 1. The first-order valence-corrected chi connectivity index (χ1v) is 7.35. The van der Waals surface area contributed by atoms with Gasteiger partial charge in [-0.2, -0.15) is 13.2 Å². The smallest absolute Gasteiger partial charge is 0.392 e. The summed E-state index contributed by atoms with van der Waals surface area (Å²) in [5, 5.41) is 8.94. The third-order valence-corrected chi connectivity index (χ3v) is 3.55. The molecular weight excluding hydrogens is 301 g/mol. The van der Waals surface area contributed by atoms with Gasteiger partial charge in [0.15, 0.2) is 0 Å². The third-order valence-electron chi connectivity index (χ3n) is 3.55. The van der Waals surface area contributed by atoms with E-state index in [1.807, 2.05) is 27.7 Å². The van der Waals surface area contributed by atoms with Crippen molar-refractivity contribution >= 4 is 11.9 Å². The van der Waals surface area contributed by atoms with Crippen molar-refractivity contribution in [2.24, 2.45) is 23.7 Å². The summed E-state index contributed by atoms with van der Waals surface area (Å²) in [5.74, 6) is -6.23. The monoisotopic (exact) mass is 326 g/mol. The predicted octanol–water partition coefficient (Wildman–Crippen LogP) is 3.89. The largest absolute Gasteiger partial charge is 0.481 e. The van der Waals surface area contributed by atoms with Gasteiger partial charge in [0.2, 0.25) is 0 Å². The molecule has 0 aliphatic heterocycles. The molecule has 0 aromatic rings. The van der Waals surface area contributed by atoms with Gasteiger partial charge < -0.3 is 9.84 Å². The summed E-state index contributed by atoms with van der Waals surface area (Å²) in [4.78, 5) is 22.8. The number of aliphatic carboxylic acids is 1. The van der Waals surface area contributed by atoms with Crippen molar-refractivity contribution in [1.29, 1.82) is 0 Å². The maximum atomic E-state index is 12.7. The van der Waals surface area contributed by atoms with Crippen LogP contribution in [-0.2, 0) is 14.3 Å². The lowest BCUT2D eigenvalue weighted by atomic mass is 9.90. The SMILES string of the molecule is CC(C)CC(OC(=O)CC(C(=O)O)C(C)C(F)(F)F)C(C)C. The topological polar surface area (TPSA) is 63.6 Å². The second-order valence-electron chi connectivity index (χ2n) is 6.38. The molecule has 1 N–H and O–H groups in total. The van der Waals surface area contributed by atoms with Crippen LogP contribution in [0.5, 0.6) is 0 Å². The number of halogens is 3. The van der Waals surface area contributed by atoms with Gasteiger partial charge in [-0.3, -0.25) is 9.59 Å². The van der Waals surface area contributed by atoms with E-state index in [1.165, 1.54) is 0 Å². The van der Waals surface area contributed by atoms with E-state index >= 15 is 0 Å². The molecule has 0 aromatic carbocycles. The lowest BCUT2D eigenvalue weighted by Crippen LogP contribution is -2.35. The number of carbonyl (C=O) groups excluding carboxylic acids is 1. The van der Waals surface area contributed by atoms with Gasteiger partial charge in [0, 0.05) is 0 Å². The number of rotatable bonds is 8. The van der Waals surface area contributed by atoms with Gasteiger partial charge in [-0.15, -0.1) is 0 Å². The molecule has 0 amide bonds. The molecule has 0 saturated carbocycles. The standard InChI is InChI=1S/C15H25F3O4/c1-8(2)6-12(9(3)4)22-13(19)7-11(14(20)21)10(5)15(16,17)18/h8-12H,6-7H2,1-5H3,(H,20,21). The Labute approximate surface area is 129 Å². The number of ether oxygens (including phenoxy) is 1.